The van der Waals surface area contributed by atoms with Gasteiger partial charge in [0.1, 0.15) is 0 Å². The highest BCUT2D eigenvalue weighted by molar-refractivity contribution is 5.61. The molecule has 1 aliphatic rings. The van der Waals surface area contributed by atoms with Crippen LogP contribution < -0.4 is 0 Å². The number of pyridine rings is 1. The fourth-order valence-electron chi connectivity index (χ4n) is 1.55. The normalized spacial score (nSPS) is 14.3. The van der Waals surface area contributed by atoms with E-state index in [4.69, 9.17) is 5.26 Å². The zero-order valence-electron chi connectivity index (χ0n) is 7.54. The van der Waals surface area contributed by atoms with Crippen molar-refractivity contribution in [2.75, 3.05) is 0 Å². The number of aromatic nitrogens is 1. The second-order valence-electron chi connectivity index (χ2n) is 3.27. The van der Waals surface area contributed by atoms with E-state index in [-0.39, 0.29) is 0 Å². The number of aryl methyl sites for hydroxylation is 2. The van der Waals surface area contributed by atoms with Gasteiger partial charge < -0.3 is 0 Å². The number of nitrogens with zero attached hydrogens (tertiary/aromatic N) is 2. The first kappa shape index (κ1) is 8.00. The molecule has 1 aliphatic carbocycles. The topological polar surface area (TPSA) is 36.7 Å². The second-order valence-corrected chi connectivity index (χ2v) is 3.27. The van der Waals surface area contributed by atoms with Crippen molar-refractivity contribution in [3.05, 3.63) is 34.7 Å². The van der Waals surface area contributed by atoms with E-state index >= 15 is 0 Å². The molecule has 2 nitrogen and oxygen atoms in total. The molecule has 0 saturated carbocycles. The monoisotopic (exact) mass is 170 g/mol. The molecule has 0 aromatic carbocycles. The number of allylic oxidation sites excluding steroid dienone is 1. The maximum absolute atomic E-state index is 8.73. The van der Waals surface area contributed by atoms with Crippen LogP contribution in [0.5, 0.6) is 0 Å². The summed E-state index contributed by atoms with van der Waals surface area (Å²) >= 11 is 0. The Labute approximate surface area is 77.5 Å². The lowest BCUT2D eigenvalue weighted by Gasteiger charge is -2.11. The quantitative estimate of drug-likeness (QED) is 0.598. The zero-order valence-corrected chi connectivity index (χ0v) is 7.54. The largest absolute Gasteiger partial charge is 0.258 e. The van der Waals surface area contributed by atoms with Crippen molar-refractivity contribution in [2.24, 2.45) is 0 Å². The molecule has 0 fully saturated rings. The van der Waals surface area contributed by atoms with Gasteiger partial charge in [0, 0.05) is 17.0 Å². The molecule has 1 aromatic heterocycles. The predicted octanol–water partition coefficient (Wildman–Crippen LogP) is 2.24. The molecular formula is C11H10N2. The Bertz CT molecular complexity index is 411. The highest BCUT2D eigenvalue weighted by Crippen LogP contribution is 2.21. The van der Waals surface area contributed by atoms with Crippen LogP contribution in [-0.2, 0) is 6.42 Å². The van der Waals surface area contributed by atoms with Crippen molar-refractivity contribution in [1.82, 2.24) is 4.98 Å². The summed E-state index contributed by atoms with van der Waals surface area (Å²) in [4.78, 5) is 4.43. The number of hydrogen-bond acceptors (Lipinski definition) is 2. The molecule has 0 spiro atoms. The molecule has 2 heteroatoms. The van der Waals surface area contributed by atoms with Crippen LogP contribution in [-0.4, -0.2) is 4.98 Å². The summed E-state index contributed by atoms with van der Waals surface area (Å²) in [5.74, 6) is 0. The van der Waals surface area contributed by atoms with E-state index in [0.29, 0.717) is 0 Å². The van der Waals surface area contributed by atoms with Crippen molar-refractivity contribution in [3.8, 4) is 6.07 Å². The van der Waals surface area contributed by atoms with Gasteiger partial charge in [0.05, 0.1) is 6.07 Å². The Hall–Kier alpha value is -1.62. The summed E-state index contributed by atoms with van der Waals surface area (Å²) in [5, 5.41) is 8.73. The third-order valence-corrected chi connectivity index (χ3v) is 2.25. The fraction of sp³-hybridized carbons (Fsp3) is 0.273. The van der Waals surface area contributed by atoms with Gasteiger partial charge in [-0.15, -0.1) is 0 Å². The zero-order chi connectivity index (χ0) is 9.26. The minimum absolute atomic E-state index is 0.833. The summed E-state index contributed by atoms with van der Waals surface area (Å²) in [5.41, 5.74) is 4.14. The Morgan fingerprint density at radius 3 is 3.00 bits per heavy atom. The highest BCUT2D eigenvalue weighted by Gasteiger charge is 2.10. The van der Waals surface area contributed by atoms with Crippen molar-refractivity contribution in [1.29, 1.82) is 5.26 Å². The van der Waals surface area contributed by atoms with Gasteiger partial charge in [0.2, 0.25) is 0 Å². The molecule has 0 aliphatic heterocycles. The van der Waals surface area contributed by atoms with Crippen LogP contribution in [0, 0.1) is 18.3 Å². The third kappa shape index (κ3) is 1.46. The number of fused-ring (bicyclic) bond motifs is 1. The molecule has 1 aromatic rings. The van der Waals surface area contributed by atoms with Crippen LogP contribution >= 0.6 is 0 Å². The van der Waals surface area contributed by atoms with Gasteiger partial charge in [-0.3, -0.25) is 4.98 Å². The van der Waals surface area contributed by atoms with Crippen LogP contribution in [0.2, 0.25) is 0 Å². The molecule has 0 bridgehead atoms. The molecular weight excluding hydrogens is 160 g/mol. The number of rotatable bonds is 0. The summed E-state index contributed by atoms with van der Waals surface area (Å²) in [7, 11) is 0. The molecule has 0 atom stereocenters. The molecule has 0 N–H and O–H groups in total. The average molecular weight is 170 g/mol. The van der Waals surface area contributed by atoms with Crippen LogP contribution in [0.25, 0.3) is 6.08 Å². The molecule has 0 amide bonds. The van der Waals surface area contributed by atoms with E-state index in [1.807, 2.05) is 25.1 Å². The molecule has 0 saturated heterocycles. The van der Waals surface area contributed by atoms with Crippen LogP contribution in [0.3, 0.4) is 0 Å². The van der Waals surface area contributed by atoms with Crippen molar-refractivity contribution in [2.45, 2.75) is 19.8 Å². The van der Waals surface area contributed by atoms with E-state index in [1.54, 1.807) is 0 Å². The maximum atomic E-state index is 8.73. The standard InChI is InChI=1S/C11H10N2/c1-8-2-4-10-6-9(7-12)3-5-11(10)13-8/h2,4,6H,3,5H2,1H3. The first-order valence-corrected chi connectivity index (χ1v) is 4.37. The molecule has 13 heavy (non-hydrogen) atoms. The van der Waals surface area contributed by atoms with Crippen LogP contribution in [0.4, 0.5) is 0 Å². The van der Waals surface area contributed by atoms with E-state index < -0.39 is 0 Å². The lowest BCUT2D eigenvalue weighted by Crippen LogP contribution is -2.02. The summed E-state index contributed by atoms with van der Waals surface area (Å²) in [6.07, 6.45) is 3.67. The average Bonchev–Trinajstić information content (AvgIpc) is 2.17. The van der Waals surface area contributed by atoms with Gasteiger partial charge in [-0.05, 0) is 37.5 Å². The Morgan fingerprint density at radius 1 is 1.38 bits per heavy atom. The SMILES string of the molecule is Cc1ccc2c(n1)CCC(C#N)=C2. The summed E-state index contributed by atoms with van der Waals surface area (Å²) in [6, 6.07) is 6.21. The Morgan fingerprint density at radius 2 is 2.23 bits per heavy atom. The lowest BCUT2D eigenvalue weighted by molar-refractivity contribution is 0.892. The second kappa shape index (κ2) is 3.02. The van der Waals surface area contributed by atoms with Crippen molar-refractivity contribution < 1.29 is 0 Å². The third-order valence-electron chi connectivity index (χ3n) is 2.25. The number of nitriles is 1. The lowest BCUT2D eigenvalue weighted by atomic mass is 9.97. The van der Waals surface area contributed by atoms with Gasteiger partial charge >= 0.3 is 0 Å². The van der Waals surface area contributed by atoms with Gasteiger partial charge in [-0.25, -0.2) is 0 Å². The molecule has 64 valence electrons. The molecule has 1 heterocycles. The maximum Gasteiger partial charge on any atom is 0.0947 e. The Kier molecular flexibility index (Phi) is 1.86. The smallest absolute Gasteiger partial charge is 0.0947 e. The van der Waals surface area contributed by atoms with Gasteiger partial charge in [0.25, 0.3) is 0 Å². The molecule has 0 unspecified atom stereocenters. The molecule has 0 radical (unpaired) electrons. The van der Waals surface area contributed by atoms with E-state index in [2.05, 4.69) is 11.1 Å². The van der Waals surface area contributed by atoms with E-state index in [0.717, 1.165) is 35.4 Å². The number of hydrogen-bond donors (Lipinski definition) is 0. The Balaban J connectivity index is 2.50. The van der Waals surface area contributed by atoms with E-state index in [1.165, 1.54) is 0 Å². The summed E-state index contributed by atoms with van der Waals surface area (Å²) < 4.78 is 0. The van der Waals surface area contributed by atoms with E-state index in [9.17, 15) is 0 Å². The first-order chi connectivity index (χ1) is 6.29. The minimum Gasteiger partial charge on any atom is -0.258 e. The van der Waals surface area contributed by atoms with Crippen molar-refractivity contribution in [3.63, 3.8) is 0 Å². The van der Waals surface area contributed by atoms with Gasteiger partial charge in [-0.2, -0.15) is 5.26 Å². The van der Waals surface area contributed by atoms with Gasteiger partial charge in [0.15, 0.2) is 0 Å². The van der Waals surface area contributed by atoms with Crippen LogP contribution in [0.1, 0.15) is 23.4 Å². The minimum atomic E-state index is 0.833. The fourth-order valence-corrected chi connectivity index (χ4v) is 1.55. The van der Waals surface area contributed by atoms with Crippen molar-refractivity contribution >= 4 is 6.08 Å². The predicted molar refractivity (Wildman–Crippen MR) is 50.9 cm³/mol. The first-order valence-electron chi connectivity index (χ1n) is 4.37. The summed E-state index contributed by atoms with van der Waals surface area (Å²) in [6.45, 7) is 1.99. The van der Waals surface area contributed by atoms with Crippen LogP contribution in [0.15, 0.2) is 17.7 Å². The highest BCUT2D eigenvalue weighted by atomic mass is 14.7. The molecule has 2 rings (SSSR count). The van der Waals surface area contributed by atoms with Gasteiger partial charge in [-0.1, -0.05) is 6.07 Å².